The molecule has 0 saturated carbocycles. The minimum absolute atomic E-state index is 0.0493. The average Bonchev–Trinajstić information content (AvgIpc) is 3.73. The number of nitrogen functional groups attached to an aromatic ring is 1. The van der Waals surface area contributed by atoms with E-state index in [0.29, 0.717) is 23.1 Å². The van der Waals surface area contributed by atoms with Crippen LogP contribution < -0.4 is 17.0 Å². The Bertz CT molecular complexity index is 1930. The van der Waals surface area contributed by atoms with Crippen LogP contribution in [0.3, 0.4) is 0 Å². The van der Waals surface area contributed by atoms with Crippen LogP contribution in [0.2, 0.25) is 36.3 Å². The number of aromatic amines is 1. The Morgan fingerprint density at radius 2 is 1.56 bits per heavy atom. The number of aryl methyl sites for hydroxylation is 1. The topological polar surface area (TPSA) is 200 Å². The number of aromatic nitrogens is 6. The van der Waals surface area contributed by atoms with Gasteiger partial charge in [0.05, 0.1) is 31.7 Å². The number of imidazole rings is 1. The Kier molecular flexibility index (Phi) is 11.7. The number of H-pyrrole nitrogens is 1. The minimum atomic E-state index is -3.92. The Morgan fingerprint density at radius 1 is 0.962 bits per heavy atom. The molecule has 0 radical (unpaired) electrons. The molecule has 0 bridgehead atoms. The van der Waals surface area contributed by atoms with Gasteiger partial charge < -0.3 is 38.0 Å². The van der Waals surface area contributed by atoms with Crippen LogP contribution in [0.25, 0.3) is 11.2 Å². The Hall–Kier alpha value is -2.17. The van der Waals surface area contributed by atoms with Crippen molar-refractivity contribution in [2.75, 3.05) is 18.9 Å². The Balaban J connectivity index is 1.36. The summed E-state index contributed by atoms with van der Waals surface area (Å²) in [5.41, 5.74) is 6.30. The van der Waals surface area contributed by atoms with Crippen LogP contribution in [0.5, 0.6) is 0 Å². The highest BCUT2D eigenvalue weighted by Crippen LogP contribution is 2.50. The number of fused-ring (bicyclic) bond motifs is 1. The summed E-state index contributed by atoms with van der Waals surface area (Å²) in [4.78, 5) is 51.5. The fraction of sp³-hybridized carbons (Fsp3) is 0.719. The molecule has 290 valence electrons. The highest BCUT2D eigenvalue weighted by molar-refractivity contribution is 8.07. The van der Waals surface area contributed by atoms with Gasteiger partial charge in [-0.25, -0.2) is 19.7 Å². The SMILES string of the molecule is Cc1cn(C2CC(O[Si](C)(C)C(C)(C)C)C(COP(O)(=S)OC3CC(n4cnc5c(N)ncnc54)OC3CO[Si](C)(C)C(C)(C)C)O2)c(=O)[nH]c1=O. The molecule has 5 rings (SSSR count). The second-order valence-electron chi connectivity index (χ2n) is 16.7. The van der Waals surface area contributed by atoms with E-state index in [1.54, 1.807) is 17.8 Å². The molecule has 4 N–H and O–H groups in total. The summed E-state index contributed by atoms with van der Waals surface area (Å²) in [5, 5.41) is -0.165. The van der Waals surface area contributed by atoms with E-state index in [2.05, 4.69) is 87.7 Å². The maximum absolute atomic E-state index is 12.8. The van der Waals surface area contributed by atoms with E-state index in [1.165, 1.54) is 17.1 Å². The van der Waals surface area contributed by atoms with E-state index in [4.69, 9.17) is 44.9 Å². The van der Waals surface area contributed by atoms with E-state index >= 15 is 0 Å². The number of anilines is 1. The first-order valence-electron chi connectivity index (χ1n) is 17.4. The highest BCUT2D eigenvalue weighted by atomic mass is 32.5. The quantitative estimate of drug-likeness (QED) is 0.166. The smallest absolute Gasteiger partial charge is 0.330 e. The van der Waals surface area contributed by atoms with Crippen molar-refractivity contribution >= 4 is 52.1 Å². The third-order valence-electron chi connectivity index (χ3n) is 10.9. The Labute approximate surface area is 311 Å². The number of rotatable bonds is 12. The first-order chi connectivity index (χ1) is 23.9. The molecule has 7 unspecified atom stereocenters. The normalized spacial score (nSPS) is 25.9. The van der Waals surface area contributed by atoms with Crippen molar-refractivity contribution in [1.82, 2.24) is 29.1 Å². The van der Waals surface area contributed by atoms with Gasteiger partial charge in [0.15, 0.2) is 28.1 Å². The van der Waals surface area contributed by atoms with Crippen LogP contribution in [0.1, 0.15) is 72.4 Å². The first kappa shape index (κ1) is 41.0. The lowest BCUT2D eigenvalue weighted by Crippen LogP contribution is -2.46. The second-order valence-corrected chi connectivity index (χ2v) is 29.0. The zero-order valence-electron chi connectivity index (χ0n) is 31.9. The summed E-state index contributed by atoms with van der Waals surface area (Å²) < 4.78 is 41.5. The van der Waals surface area contributed by atoms with Gasteiger partial charge in [-0.1, -0.05) is 41.5 Å². The van der Waals surface area contributed by atoms with E-state index < -0.39 is 71.5 Å². The molecule has 2 saturated heterocycles. The van der Waals surface area contributed by atoms with Crippen molar-refractivity contribution in [1.29, 1.82) is 0 Å². The Morgan fingerprint density at radius 3 is 2.19 bits per heavy atom. The number of nitrogens with two attached hydrogens (primary N) is 1. The standard InChI is InChI=1S/C32H54N7O9PSSi2/c1-19-14-38(30(41)37-29(19)40)24-13-21(48-52(10,11)32(5,6)7)22(45-24)15-43-49(42,50)47-20-12-25(39-18-36-26-27(33)34-17-35-28(26)39)46-23(20)16-44-51(8,9)31(2,3)4/h14,17-18,20-25H,12-13,15-16H2,1-11H3,(H,42,50)(H2,33,34,35)(H,37,40,41). The van der Waals surface area contributed by atoms with E-state index in [1.807, 2.05) is 0 Å². The van der Waals surface area contributed by atoms with Crippen molar-refractivity contribution in [3.05, 3.63) is 45.3 Å². The van der Waals surface area contributed by atoms with Gasteiger partial charge in [0, 0.05) is 24.6 Å². The van der Waals surface area contributed by atoms with Gasteiger partial charge in [0.2, 0.25) is 0 Å². The summed E-state index contributed by atoms with van der Waals surface area (Å²) in [5.74, 6) is 0.249. The van der Waals surface area contributed by atoms with Gasteiger partial charge >= 0.3 is 12.4 Å². The van der Waals surface area contributed by atoms with E-state index in [9.17, 15) is 14.5 Å². The van der Waals surface area contributed by atoms with Crippen LogP contribution in [-0.4, -0.2) is 88.2 Å². The molecule has 3 aromatic heterocycles. The maximum atomic E-state index is 12.8. The third kappa shape index (κ3) is 8.86. The number of nitrogens with zero attached hydrogens (tertiary/aromatic N) is 5. The van der Waals surface area contributed by atoms with Gasteiger partial charge in [0.1, 0.15) is 36.5 Å². The molecule has 7 atom stereocenters. The third-order valence-corrected chi connectivity index (χ3v) is 21.4. The van der Waals surface area contributed by atoms with Crippen LogP contribution >= 0.6 is 6.72 Å². The predicted molar refractivity (Wildman–Crippen MR) is 205 cm³/mol. The highest BCUT2D eigenvalue weighted by Gasteiger charge is 2.47. The number of hydrogen-bond acceptors (Lipinski definition) is 13. The van der Waals surface area contributed by atoms with Gasteiger partial charge in [-0.05, 0) is 55.0 Å². The van der Waals surface area contributed by atoms with Crippen molar-refractivity contribution in [3.63, 3.8) is 0 Å². The molecule has 0 aromatic carbocycles. The maximum Gasteiger partial charge on any atom is 0.330 e. The van der Waals surface area contributed by atoms with Crippen LogP contribution in [0.15, 0.2) is 28.4 Å². The molecular weight excluding hydrogens is 746 g/mol. The van der Waals surface area contributed by atoms with Crippen LogP contribution in [-0.2, 0) is 39.2 Å². The van der Waals surface area contributed by atoms with Crippen LogP contribution in [0, 0.1) is 6.92 Å². The lowest BCUT2D eigenvalue weighted by atomic mass is 10.2. The molecule has 2 aliphatic heterocycles. The fourth-order valence-corrected chi connectivity index (χ4v) is 9.44. The molecule has 2 fully saturated rings. The van der Waals surface area contributed by atoms with Gasteiger partial charge in [-0.15, -0.1) is 0 Å². The number of ether oxygens (including phenoxy) is 2. The first-order valence-corrected chi connectivity index (χ1v) is 25.8. The number of hydrogen-bond donors (Lipinski definition) is 3. The molecule has 0 spiro atoms. The largest absolute Gasteiger partial charge is 0.414 e. The van der Waals surface area contributed by atoms with Crippen molar-refractivity contribution < 1.29 is 32.3 Å². The van der Waals surface area contributed by atoms with Crippen molar-refractivity contribution in [2.45, 2.75) is 134 Å². The van der Waals surface area contributed by atoms with E-state index in [0.717, 1.165) is 0 Å². The van der Waals surface area contributed by atoms with Gasteiger partial charge in [0.25, 0.3) is 5.56 Å². The monoisotopic (exact) mass is 799 g/mol. The lowest BCUT2D eigenvalue weighted by molar-refractivity contribution is -0.0498. The molecular formula is C32H54N7O9PSSi2. The number of nitrogens with one attached hydrogen (secondary N) is 1. The summed E-state index contributed by atoms with van der Waals surface area (Å²) in [6.07, 6.45) is 1.21. The van der Waals surface area contributed by atoms with Crippen LogP contribution in [0.4, 0.5) is 5.82 Å². The van der Waals surface area contributed by atoms with Crippen molar-refractivity contribution in [2.24, 2.45) is 0 Å². The molecule has 3 aromatic rings. The zero-order chi connectivity index (χ0) is 38.6. The summed E-state index contributed by atoms with van der Waals surface area (Å²) in [6, 6.07) is 0. The molecule has 0 aliphatic carbocycles. The van der Waals surface area contributed by atoms with Crippen molar-refractivity contribution in [3.8, 4) is 0 Å². The van der Waals surface area contributed by atoms with E-state index in [-0.39, 0.29) is 35.5 Å². The molecule has 16 nitrogen and oxygen atoms in total. The lowest BCUT2D eigenvalue weighted by Gasteiger charge is -2.39. The predicted octanol–water partition coefficient (Wildman–Crippen LogP) is 4.87. The minimum Gasteiger partial charge on any atom is -0.414 e. The van der Waals surface area contributed by atoms with Gasteiger partial charge in [-0.3, -0.25) is 18.9 Å². The zero-order valence-corrected chi connectivity index (χ0v) is 35.6. The second kappa shape index (κ2) is 14.8. The molecule has 5 heterocycles. The summed E-state index contributed by atoms with van der Waals surface area (Å²) in [7, 11) is -4.52. The molecule has 52 heavy (non-hydrogen) atoms. The summed E-state index contributed by atoms with van der Waals surface area (Å²) in [6.45, 7) is 19.2. The molecule has 2 aliphatic rings. The average molecular weight is 800 g/mol. The molecule has 20 heteroatoms. The van der Waals surface area contributed by atoms with Gasteiger partial charge in [-0.2, -0.15) is 0 Å². The summed E-state index contributed by atoms with van der Waals surface area (Å²) >= 11 is 5.60. The molecule has 0 amide bonds. The fourth-order valence-electron chi connectivity index (χ4n) is 5.59.